The van der Waals surface area contributed by atoms with Gasteiger partial charge in [0.1, 0.15) is 0 Å². The highest BCUT2D eigenvalue weighted by atomic mass is 16.2. The van der Waals surface area contributed by atoms with Crippen molar-refractivity contribution in [3.8, 4) is 0 Å². The van der Waals surface area contributed by atoms with Crippen LogP contribution >= 0.6 is 0 Å². The van der Waals surface area contributed by atoms with E-state index >= 15 is 0 Å². The Labute approximate surface area is 194 Å². The molecule has 2 saturated heterocycles. The molecule has 2 fully saturated rings. The molecule has 7 nitrogen and oxygen atoms in total. The lowest BCUT2D eigenvalue weighted by molar-refractivity contribution is -0.135. The quantitative estimate of drug-likeness (QED) is 0.362. The number of nitrogens with zero attached hydrogens (tertiary/aromatic N) is 5. The number of hydrogen-bond acceptors (Lipinski definition) is 4. The molecule has 2 aliphatic rings. The molecule has 1 unspecified atom stereocenters. The maximum Gasteiger partial charge on any atom is 0.239 e. The third kappa shape index (κ3) is 6.86. The fourth-order valence-corrected chi connectivity index (χ4v) is 4.56. The van der Waals surface area contributed by atoms with Crippen LogP contribution in [0.15, 0.2) is 35.3 Å². The Morgan fingerprint density at radius 3 is 2.38 bits per heavy atom. The van der Waals surface area contributed by atoms with Crippen molar-refractivity contribution in [1.29, 1.82) is 0 Å². The fourth-order valence-electron chi connectivity index (χ4n) is 4.56. The van der Waals surface area contributed by atoms with Gasteiger partial charge in [0.05, 0.1) is 6.04 Å². The summed E-state index contributed by atoms with van der Waals surface area (Å²) >= 11 is 0. The molecule has 0 bridgehead atoms. The number of nitrogens with one attached hydrogen (secondary N) is 1. The third-order valence-corrected chi connectivity index (χ3v) is 6.63. The predicted octanol–water partition coefficient (Wildman–Crippen LogP) is 2.50. The van der Waals surface area contributed by atoms with Crippen molar-refractivity contribution in [3.63, 3.8) is 0 Å². The van der Waals surface area contributed by atoms with Gasteiger partial charge in [-0.15, -0.1) is 0 Å². The minimum Gasteiger partial charge on any atom is -0.375 e. The van der Waals surface area contributed by atoms with E-state index in [1.165, 1.54) is 5.69 Å². The maximum absolute atomic E-state index is 12.7. The summed E-state index contributed by atoms with van der Waals surface area (Å²) in [5.74, 6) is 1.32. The van der Waals surface area contributed by atoms with Crippen LogP contribution in [0.5, 0.6) is 0 Å². The molecule has 1 atom stereocenters. The third-order valence-electron chi connectivity index (χ3n) is 6.63. The summed E-state index contributed by atoms with van der Waals surface area (Å²) in [5, 5.41) is 3.46. The number of anilines is 1. The van der Waals surface area contributed by atoms with E-state index in [-0.39, 0.29) is 6.04 Å². The number of unbranched alkanes of at least 4 members (excludes halogenated alkanes) is 1. The van der Waals surface area contributed by atoms with Crippen LogP contribution in [-0.2, 0) is 4.79 Å². The highest BCUT2D eigenvalue weighted by Crippen LogP contribution is 2.14. The zero-order valence-electron chi connectivity index (χ0n) is 20.3. The van der Waals surface area contributed by atoms with Crippen LogP contribution in [0.25, 0.3) is 0 Å². The lowest BCUT2D eigenvalue weighted by Crippen LogP contribution is -2.57. The van der Waals surface area contributed by atoms with E-state index < -0.39 is 0 Å². The summed E-state index contributed by atoms with van der Waals surface area (Å²) in [4.78, 5) is 26.7. The van der Waals surface area contributed by atoms with Crippen molar-refractivity contribution < 1.29 is 4.79 Å². The number of rotatable bonds is 9. The van der Waals surface area contributed by atoms with Crippen LogP contribution < -0.4 is 10.2 Å². The monoisotopic (exact) mass is 442 g/mol. The highest BCUT2D eigenvalue weighted by molar-refractivity contribution is 5.82. The summed E-state index contributed by atoms with van der Waals surface area (Å²) in [6.45, 7) is 12.5. The fraction of sp³-hybridized carbons (Fsp3) is 0.680. The van der Waals surface area contributed by atoms with E-state index in [1.54, 1.807) is 0 Å². The molecular weight excluding hydrogens is 400 g/mol. The Morgan fingerprint density at radius 1 is 1.03 bits per heavy atom. The molecule has 3 rings (SSSR count). The van der Waals surface area contributed by atoms with Gasteiger partial charge in [-0.1, -0.05) is 18.2 Å². The van der Waals surface area contributed by atoms with E-state index in [4.69, 9.17) is 4.99 Å². The molecule has 178 valence electrons. The van der Waals surface area contributed by atoms with Crippen LogP contribution in [-0.4, -0.2) is 98.6 Å². The number of para-hydroxylation sites is 1. The highest BCUT2D eigenvalue weighted by Gasteiger charge is 2.30. The lowest BCUT2D eigenvalue weighted by Gasteiger charge is -2.39. The number of benzene rings is 1. The predicted molar refractivity (Wildman–Crippen MR) is 133 cm³/mol. The van der Waals surface area contributed by atoms with Gasteiger partial charge in [-0.25, -0.2) is 0 Å². The number of piperazine rings is 1. The molecule has 1 aromatic rings. The first kappa shape index (κ1) is 24.4. The second kappa shape index (κ2) is 12.7. The first-order valence-corrected chi connectivity index (χ1v) is 12.4. The van der Waals surface area contributed by atoms with Crippen LogP contribution in [0.1, 0.15) is 39.5 Å². The van der Waals surface area contributed by atoms with Gasteiger partial charge < -0.3 is 20.0 Å². The van der Waals surface area contributed by atoms with E-state index in [1.807, 2.05) is 4.90 Å². The average Bonchev–Trinajstić information content (AvgIpc) is 3.38. The van der Waals surface area contributed by atoms with Crippen molar-refractivity contribution in [2.45, 2.75) is 45.6 Å². The van der Waals surface area contributed by atoms with Crippen molar-refractivity contribution in [2.24, 2.45) is 4.99 Å². The molecule has 0 radical (unpaired) electrons. The molecule has 0 spiro atoms. The SMILES string of the molecule is CCNC(=NCCCCN(C)c1ccccc1)N1CCN(C(C)C(=O)N2CCCC2)CC1. The zero-order chi connectivity index (χ0) is 22.8. The number of aliphatic imine (C=N–C) groups is 1. The second-order valence-corrected chi connectivity index (χ2v) is 8.93. The molecule has 0 saturated carbocycles. The first-order valence-electron chi connectivity index (χ1n) is 12.4. The van der Waals surface area contributed by atoms with Gasteiger partial charge in [0.2, 0.25) is 5.91 Å². The van der Waals surface area contributed by atoms with Crippen LogP contribution in [0, 0.1) is 0 Å². The first-order chi connectivity index (χ1) is 15.6. The minimum absolute atomic E-state index is 0.0172. The largest absolute Gasteiger partial charge is 0.375 e. The Bertz CT molecular complexity index is 710. The molecule has 2 heterocycles. The molecule has 1 amide bonds. The summed E-state index contributed by atoms with van der Waals surface area (Å²) in [5.41, 5.74) is 1.26. The minimum atomic E-state index is -0.0172. The Hall–Kier alpha value is -2.28. The van der Waals surface area contributed by atoms with Gasteiger partial charge in [-0.05, 0) is 51.7 Å². The molecule has 0 aromatic heterocycles. The smallest absolute Gasteiger partial charge is 0.239 e. The van der Waals surface area contributed by atoms with E-state index in [0.29, 0.717) is 5.91 Å². The van der Waals surface area contributed by atoms with Gasteiger partial charge in [0, 0.05) is 71.6 Å². The van der Waals surface area contributed by atoms with E-state index in [0.717, 1.165) is 90.5 Å². The number of guanidine groups is 1. The Balaban J connectivity index is 1.41. The van der Waals surface area contributed by atoms with Crippen molar-refractivity contribution >= 4 is 17.6 Å². The normalized spacial score (nSPS) is 18.7. The van der Waals surface area contributed by atoms with Gasteiger partial charge >= 0.3 is 0 Å². The van der Waals surface area contributed by atoms with Gasteiger partial charge in [-0.3, -0.25) is 14.7 Å². The van der Waals surface area contributed by atoms with E-state index in [2.05, 4.69) is 71.2 Å². The summed E-state index contributed by atoms with van der Waals surface area (Å²) in [7, 11) is 2.15. The van der Waals surface area contributed by atoms with Crippen molar-refractivity contribution in [2.75, 3.05) is 70.9 Å². The maximum atomic E-state index is 12.7. The van der Waals surface area contributed by atoms with Gasteiger partial charge in [0.25, 0.3) is 0 Å². The van der Waals surface area contributed by atoms with Gasteiger partial charge in [-0.2, -0.15) is 0 Å². The Kier molecular flexibility index (Phi) is 9.65. The van der Waals surface area contributed by atoms with E-state index in [9.17, 15) is 4.79 Å². The van der Waals surface area contributed by atoms with Crippen molar-refractivity contribution in [3.05, 3.63) is 30.3 Å². The molecule has 7 heteroatoms. The molecule has 32 heavy (non-hydrogen) atoms. The molecule has 1 aromatic carbocycles. The standard InChI is InChI=1S/C25H42N6O/c1-4-26-25(27-14-8-9-15-28(3)23-12-6-5-7-13-23)31-20-18-29(19-21-31)22(2)24(32)30-16-10-11-17-30/h5-7,12-13,22H,4,8-11,14-21H2,1-3H3,(H,26,27). The summed E-state index contributed by atoms with van der Waals surface area (Å²) < 4.78 is 0. The zero-order valence-corrected chi connectivity index (χ0v) is 20.3. The number of likely N-dealkylation sites (tertiary alicyclic amines) is 1. The van der Waals surface area contributed by atoms with Crippen LogP contribution in [0.4, 0.5) is 5.69 Å². The number of hydrogen-bond donors (Lipinski definition) is 1. The number of amides is 1. The number of carbonyl (C=O) groups is 1. The summed E-state index contributed by atoms with van der Waals surface area (Å²) in [6.07, 6.45) is 4.50. The molecule has 1 N–H and O–H groups in total. The average molecular weight is 443 g/mol. The Morgan fingerprint density at radius 2 is 1.72 bits per heavy atom. The summed E-state index contributed by atoms with van der Waals surface area (Å²) in [6, 6.07) is 10.5. The van der Waals surface area contributed by atoms with Crippen LogP contribution in [0.2, 0.25) is 0 Å². The molecule has 2 aliphatic heterocycles. The molecule has 0 aliphatic carbocycles. The molecular formula is C25H42N6O. The van der Waals surface area contributed by atoms with Crippen molar-refractivity contribution in [1.82, 2.24) is 20.0 Å². The lowest BCUT2D eigenvalue weighted by atomic mass is 10.2. The van der Waals surface area contributed by atoms with Crippen LogP contribution in [0.3, 0.4) is 0 Å². The van der Waals surface area contributed by atoms with Gasteiger partial charge in [0.15, 0.2) is 5.96 Å². The number of carbonyl (C=O) groups excluding carboxylic acids is 1. The topological polar surface area (TPSA) is 54.4 Å². The second-order valence-electron chi connectivity index (χ2n) is 8.93.